The van der Waals surface area contributed by atoms with Crippen LogP contribution in [-0.4, -0.2) is 48.1 Å². The molecule has 5 nitrogen and oxygen atoms in total. The highest BCUT2D eigenvalue weighted by Gasteiger charge is 2.12. The number of benzene rings is 1. The zero-order valence-electron chi connectivity index (χ0n) is 11.3. The molecule has 0 aliphatic heterocycles. The van der Waals surface area contributed by atoms with Gasteiger partial charge in [0.2, 0.25) is 11.8 Å². The Morgan fingerprint density at radius 2 is 1.89 bits per heavy atom. The van der Waals surface area contributed by atoms with Gasteiger partial charge in [-0.25, -0.2) is 0 Å². The summed E-state index contributed by atoms with van der Waals surface area (Å²) in [4.78, 5) is 24.9. The number of nitrogens with zero attached hydrogens (tertiary/aromatic N) is 1. The Balaban J connectivity index is 2.34. The van der Waals surface area contributed by atoms with Gasteiger partial charge in [-0.3, -0.25) is 19.8 Å². The molecule has 1 atom stereocenters. The quantitative estimate of drug-likeness (QED) is 0.769. The molecule has 0 fully saturated rings. The first-order valence-electron chi connectivity index (χ1n) is 6.20. The second-order valence-corrected chi connectivity index (χ2v) is 4.68. The van der Waals surface area contributed by atoms with Gasteiger partial charge in [0.25, 0.3) is 0 Å². The Morgan fingerprint density at radius 3 is 2.47 bits per heavy atom. The van der Waals surface area contributed by atoms with Crippen molar-refractivity contribution in [1.29, 1.82) is 0 Å². The summed E-state index contributed by atoms with van der Waals surface area (Å²) in [6.07, 6.45) is -0.315. The normalized spacial score (nSPS) is 12.2. The van der Waals surface area contributed by atoms with Crippen LogP contribution in [0.25, 0.3) is 0 Å². The first-order valence-corrected chi connectivity index (χ1v) is 6.20. The lowest BCUT2D eigenvalue weighted by Gasteiger charge is -2.17. The molecule has 0 bridgehead atoms. The van der Waals surface area contributed by atoms with Gasteiger partial charge in [-0.15, -0.1) is 0 Å². The summed E-state index contributed by atoms with van der Waals surface area (Å²) in [6, 6.07) is 9.24. The molecule has 2 N–H and O–H groups in total. The van der Waals surface area contributed by atoms with E-state index in [1.807, 2.05) is 30.3 Å². The van der Waals surface area contributed by atoms with Crippen molar-refractivity contribution in [2.24, 2.45) is 0 Å². The number of carbonyl (C=O) groups is 2. The van der Waals surface area contributed by atoms with E-state index in [4.69, 9.17) is 0 Å². The summed E-state index contributed by atoms with van der Waals surface area (Å²) >= 11 is 0. The fraction of sp³-hybridized carbons (Fsp3) is 0.429. The van der Waals surface area contributed by atoms with Crippen molar-refractivity contribution in [3.8, 4) is 0 Å². The molecule has 0 aromatic heterocycles. The van der Waals surface area contributed by atoms with Crippen LogP contribution >= 0.6 is 0 Å². The first-order chi connectivity index (χ1) is 8.97. The van der Waals surface area contributed by atoms with Crippen LogP contribution in [0.3, 0.4) is 0 Å². The van der Waals surface area contributed by atoms with E-state index in [9.17, 15) is 14.7 Å². The van der Waals surface area contributed by atoms with Gasteiger partial charge in [-0.1, -0.05) is 30.3 Å². The van der Waals surface area contributed by atoms with E-state index < -0.39 is 6.10 Å². The molecule has 5 heteroatoms. The summed E-state index contributed by atoms with van der Waals surface area (Å²) in [7, 11) is 1.72. The summed E-state index contributed by atoms with van der Waals surface area (Å²) in [5, 5.41) is 11.5. The Kier molecular flexibility index (Phi) is 6.18. The minimum Gasteiger partial charge on any atom is -0.392 e. The van der Waals surface area contributed by atoms with E-state index in [-0.39, 0.29) is 24.8 Å². The van der Waals surface area contributed by atoms with Crippen molar-refractivity contribution in [3.63, 3.8) is 0 Å². The maximum atomic E-state index is 11.6. The predicted octanol–water partition coefficient (Wildman–Crippen LogP) is 0.185. The van der Waals surface area contributed by atoms with Crippen molar-refractivity contribution in [2.45, 2.75) is 19.4 Å². The van der Waals surface area contributed by atoms with Gasteiger partial charge >= 0.3 is 0 Å². The van der Waals surface area contributed by atoms with E-state index in [2.05, 4.69) is 5.32 Å². The molecule has 1 aromatic carbocycles. The number of imide groups is 1. The van der Waals surface area contributed by atoms with E-state index in [1.54, 1.807) is 18.9 Å². The van der Waals surface area contributed by atoms with E-state index in [1.165, 1.54) is 0 Å². The number of rotatable bonds is 6. The maximum absolute atomic E-state index is 11.6. The minimum atomic E-state index is -0.502. The molecule has 0 aliphatic rings. The standard InChI is InChI=1S/C14H20N2O3/c1-11(17)9-16(2)10-14(19)15-13(18)8-12-6-4-3-5-7-12/h3-7,11,17H,8-10H2,1-2H3,(H,15,18,19). The van der Waals surface area contributed by atoms with Gasteiger partial charge in [0.15, 0.2) is 0 Å². The highest BCUT2D eigenvalue weighted by Crippen LogP contribution is 1.99. The third-order valence-electron chi connectivity index (χ3n) is 2.48. The smallest absolute Gasteiger partial charge is 0.240 e. The third kappa shape index (κ3) is 6.69. The second kappa shape index (κ2) is 7.66. The Hall–Kier alpha value is -1.72. The van der Waals surface area contributed by atoms with Crippen LogP contribution in [0.15, 0.2) is 30.3 Å². The molecule has 19 heavy (non-hydrogen) atoms. The molecular formula is C14H20N2O3. The van der Waals surface area contributed by atoms with E-state index in [0.29, 0.717) is 6.54 Å². The van der Waals surface area contributed by atoms with Gasteiger partial charge in [-0.2, -0.15) is 0 Å². The number of aliphatic hydroxyl groups is 1. The van der Waals surface area contributed by atoms with Gasteiger partial charge in [0.05, 0.1) is 19.1 Å². The zero-order valence-corrected chi connectivity index (χ0v) is 11.3. The zero-order chi connectivity index (χ0) is 14.3. The molecule has 0 heterocycles. The monoisotopic (exact) mass is 264 g/mol. The molecule has 0 saturated heterocycles. The molecule has 0 saturated carbocycles. The van der Waals surface area contributed by atoms with Crippen LogP contribution in [0.5, 0.6) is 0 Å². The molecule has 2 amide bonds. The van der Waals surface area contributed by atoms with Crippen molar-refractivity contribution in [3.05, 3.63) is 35.9 Å². The van der Waals surface area contributed by atoms with Crippen LogP contribution < -0.4 is 5.32 Å². The second-order valence-electron chi connectivity index (χ2n) is 4.68. The maximum Gasteiger partial charge on any atom is 0.240 e. The van der Waals surface area contributed by atoms with Crippen LogP contribution in [-0.2, 0) is 16.0 Å². The molecule has 0 radical (unpaired) electrons. The summed E-state index contributed by atoms with van der Waals surface area (Å²) in [5.74, 6) is -0.675. The van der Waals surface area contributed by atoms with Gasteiger partial charge < -0.3 is 5.11 Å². The lowest BCUT2D eigenvalue weighted by Crippen LogP contribution is -2.41. The molecular weight excluding hydrogens is 244 g/mol. The number of amides is 2. The number of aliphatic hydroxyl groups excluding tert-OH is 1. The largest absolute Gasteiger partial charge is 0.392 e. The van der Waals surface area contributed by atoms with Gasteiger partial charge in [0, 0.05) is 6.54 Å². The highest BCUT2D eigenvalue weighted by atomic mass is 16.3. The van der Waals surface area contributed by atoms with Crippen LogP contribution in [0.2, 0.25) is 0 Å². The fourth-order valence-corrected chi connectivity index (χ4v) is 1.78. The Labute approximate surface area is 113 Å². The van der Waals surface area contributed by atoms with Crippen LogP contribution in [0.4, 0.5) is 0 Å². The third-order valence-corrected chi connectivity index (χ3v) is 2.48. The van der Waals surface area contributed by atoms with E-state index in [0.717, 1.165) is 5.56 Å². The number of carbonyl (C=O) groups excluding carboxylic acids is 2. The number of likely N-dealkylation sites (N-methyl/N-ethyl adjacent to an activating group) is 1. The van der Waals surface area contributed by atoms with Gasteiger partial charge in [-0.05, 0) is 19.5 Å². The number of hydrogen-bond donors (Lipinski definition) is 2. The van der Waals surface area contributed by atoms with E-state index >= 15 is 0 Å². The predicted molar refractivity (Wildman–Crippen MR) is 72.5 cm³/mol. The molecule has 104 valence electrons. The summed E-state index contributed by atoms with van der Waals surface area (Å²) in [5.41, 5.74) is 0.866. The number of nitrogens with one attached hydrogen (secondary N) is 1. The Bertz CT molecular complexity index is 418. The summed E-state index contributed by atoms with van der Waals surface area (Å²) < 4.78 is 0. The topological polar surface area (TPSA) is 69.6 Å². The lowest BCUT2D eigenvalue weighted by molar-refractivity contribution is -0.130. The molecule has 1 unspecified atom stereocenters. The first kappa shape index (κ1) is 15.3. The molecule has 1 aromatic rings. The average Bonchev–Trinajstić information content (AvgIpc) is 2.28. The molecule has 1 rings (SSSR count). The van der Waals surface area contributed by atoms with Crippen LogP contribution in [0, 0.1) is 0 Å². The molecule has 0 aliphatic carbocycles. The average molecular weight is 264 g/mol. The lowest BCUT2D eigenvalue weighted by atomic mass is 10.1. The van der Waals surface area contributed by atoms with Crippen molar-refractivity contribution < 1.29 is 14.7 Å². The van der Waals surface area contributed by atoms with Crippen molar-refractivity contribution in [1.82, 2.24) is 10.2 Å². The highest BCUT2D eigenvalue weighted by molar-refractivity contribution is 5.96. The minimum absolute atomic E-state index is 0.0887. The number of hydrogen-bond acceptors (Lipinski definition) is 4. The van der Waals surface area contributed by atoms with Crippen molar-refractivity contribution >= 4 is 11.8 Å². The fourth-order valence-electron chi connectivity index (χ4n) is 1.78. The molecule has 0 spiro atoms. The SMILES string of the molecule is CC(O)CN(C)CC(=O)NC(=O)Cc1ccccc1. The van der Waals surface area contributed by atoms with Gasteiger partial charge in [0.1, 0.15) is 0 Å². The van der Waals surface area contributed by atoms with Crippen molar-refractivity contribution in [2.75, 3.05) is 20.1 Å². The summed E-state index contributed by atoms with van der Waals surface area (Å²) in [6.45, 7) is 2.13. The Morgan fingerprint density at radius 1 is 1.26 bits per heavy atom. The van der Waals surface area contributed by atoms with Crippen LogP contribution in [0.1, 0.15) is 12.5 Å².